The van der Waals surface area contributed by atoms with E-state index in [1.807, 2.05) is 0 Å². The second-order valence-electron chi connectivity index (χ2n) is 5.97. The molecule has 2 aromatic rings. The highest BCUT2D eigenvalue weighted by molar-refractivity contribution is 7.90. The number of nitrogens with one attached hydrogen (secondary N) is 1. The van der Waals surface area contributed by atoms with Gasteiger partial charge in [0.05, 0.1) is 5.56 Å². The Morgan fingerprint density at radius 2 is 1.78 bits per heavy atom. The van der Waals surface area contributed by atoms with Crippen molar-refractivity contribution in [2.45, 2.75) is 18.2 Å². The summed E-state index contributed by atoms with van der Waals surface area (Å²) in [4.78, 5) is 24.2. The van der Waals surface area contributed by atoms with E-state index in [0.29, 0.717) is 5.56 Å². The molecule has 0 aromatic heterocycles. The van der Waals surface area contributed by atoms with Gasteiger partial charge < -0.3 is 5.32 Å². The maximum atomic E-state index is 13.2. The van der Waals surface area contributed by atoms with Crippen molar-refractivity contribution in [1.82, 2.24) is 9.62 Å². The van der Waals surface area contributed by atoms with Crippen LogP contribution < -0.4 is 5.32 Å². The van der Waals surface area contributed by atoms with Gasteiger partial charge in [-0.3, -0.25) is 9.59 Å². The Morgan fingerprint density at radius 3 is 2.41 bits per heavy atom. The number of carbonyl (C=O) groups excluding carboxylic acids is 2. The van der Waals surface area contributed by atoms with Gasteiger partial charge in [-0.2, -0.15) is 0 Å². The fourth-order valence-electron chi connectivity index (χ4n) is 2.91. The van der Waals surface area contributed by atoms with Gasteiger partial charge in [0.15, 0.2) is 0 Å². The molecule has 0 fully saturated rings. The van der Waals surface area contributed by atoms with Gasteiger partial charge in [0.2, 0.25) is 0 Å². The second-order valence-corrected chi connectivity index (χ2v) is 7.80. The van der Waals surface area contributed by atoms with E-state index >= 15 is 0 Å². The summed E-state index contributed by atoms with van der Waals surface area (Å²) in [5.74, 6) is -2.57. The second kappa shape index (κ2) is 7.07. The van der Waals surface area contributed by atoms with Crippen molar-refractivity contribution in [2.75, 3.05) is 13.1 Å². The lowest BCUT2D eigenvalue weighted by Gasteiger charge is -2.11. The number of carbonyl (C=O) groups is 2. The molecule has 1 heterocycles. The number of benzene rings is 2. The predicted octanol–water partition coefficient (Wildman–Crippen LogP) is 2.10. The average Bonchev–Trinajstić information content (AvgIpc) is 2.79. The Labute approximate surface area is 154 Å². The third-order valence-corrected chi connectivity index (χ3v) is 6.08. The predicted molar refractivity (Wildman–Crippen MR) is 92.7 cm³/mol. The van der Waals surface area contributed by atoms with Gasteiger partial charge in [-0.05, 0) is 49.2 Å². The summed E-state index contributed by atoms with van der Waals surface area (Å²) in [6.07, 6.45) is 0.200. The molecule has 0 aliphatic carbocycles. The molecule has 0 bridgehead atoms. The largest absolute Gasteiger partial charge is 0.352 e. The van der Waals surface area contributed by atoms with Crippen molar-refractivity contribution in [3.8, 4) is 0 Å². The van der Waals surface area contributed by atoms with Crippen molar-refractivity contribution in [3.63, 3.8) is 0 Å². The fraction of sp³-hybridized carbons (Fsp3) is 0.222. The molecular formula is C18H16F2N2O4S. The lowest BCUT2D eigenvalue weighted by molar-refractivity contribution is 0.0874. The summed E-state index contributed by atoms with van der Waals surface area (Å²) >= 11 is 0. The number of rotatable bonds is 5. The van der Waals surface area contributed by atoms with Crippen LogP contribution in [0.25, 0.3) is 0 Å². The first-order valence-electron chi connectivity index (χ1n) is 8.18. The lowest BCUT2D eigenvalue weighted by atomic mass is 10.1. The number of amides is 2. The molecule has 1 aliphatic rings. The third-order valence-electron chi connectivity index (χ3n) is 4.18. The van der Waals surface area contributed by atoms with Crippen LogP contribution in [0.1, 0.15) is 33.2 Å². The number of sulfonamides is 1. The van der Waals surface area contributed by atoms with Crippen LogP contribution in [-0.2, 0) is 16.4 Å². The lowest BCUT2D eigenvalue weighted by Crippen LogP contribution is -2.29. The highest BCUT2D eigenvalue weighted by Crippen LogP contribution is 2.30. The van der Waals surface area contributed by atoms with E-state index < -0.39 is 33.5 Å². The number of hydrogen-bond donors (Lipinski definition) is 1. The van der Waals surface area contributed by atoms with Crippen LogP contribution >= 0.6 is 0 Å². The molecule has 0 saturated carbocycles. The monoisotopic (exact) mass is 394 g/mol. The summed E-state index contributed by atoms with van der Waals surface area (Å²) in [5.41, 5.74) is 0.491. The van der Waals surface area contributed by atoms with Crippen molar-refractivity contribution >= 4 is 21.8 Å². The molecule has 0 saturated heterocycles. The molecule has 2 aromatic carbocycles. The summed E-state index contributed by atoms with van der Waals surface area (Å²) in [6, 6.07) is 6.93. The number of nitrogens with zero attached hydrogens (tertiary/aromatic N) is 1. The first-order valence-corrected chi connectivity index (χ1v) is 9.62. The van der Waals surface area contributed by atoms with Crippen LogP contribution in [0.3, 0.4) is 0 Å². The van der Waals surface area contributed by atoms with Gasteiger partial charge in [0.1, 0.15) is 16.5 Å². The summed E-state index contributed by atoms with van der Waals surface area (Å²) in [7, 11) is -3.95. The van der Waals surface area contributed by atoms with E-state index in [1.54, 1.807) is 6.92 Å². The topological polar surface area (TPSA) is 83.6 Å². The Kier molecular flexibility index (Phi) is 4.97. The van der Waals surface area contributed by atoms with E-state index in [0.717, 1.165) is 16.4 Å². The molecular weight excluding hydrogens is 378 g/mol. The van der Waals surface area contributed by atoms with Crippen molar-refractivity contribution in [3.05, 3.63) is 64.7 Å². The average molecular weight is 394 g/mol. The normalized spacial score (nSPS) is 14.9. The smallest absolute Gasteiger partial charge is 0.268 e. The van der Waals surface area contributed by atoms with Gasteiger partial charge >= 0.3 is 0 Å². The maximum absolute atomic E-state index is 13.2. The Balaban J connectivity index is 1.73. The van der Waals surface area contributed by atoms with Crippen LogP contribution in [0.15, 0.2) is 41.3 Å². The van der Waals surface area contributed by atoms with Crippen molar-refractivity contribution in [2.24, 2.45) is 0 Å². The van der Waals surface area contributed by atoms with Gasteiger partial charge in [-0.15, -0.1) is 0 Å². The molecule has 0 radical (unpaired) electrons. The first kappa shape index (κ1) is 19.0. The molecule has 2 amide bonds. The van der Waals surface area contributed by atoms with Crippen molar-refractivity contribution < 1.29 is 26.8 Å². The molecule has 1 aliphatic heterocycles. The first-order chi connectivity index (χ1) is 12.7. The van der Waals surface area contributed by atoms with Gasteiger partial charge in [-0.1, -0.05) is 0 Å². The van der Waals surface area contributed by atoms with Crippen LogP contribution in [0.5, 0.6) is 0 Å². The van der Waals surface area contributed by atoms with Gasteiger partial charge in [0.25, 0.3) is 21.8 Å². The zero-order chi connectivity index (χ0) is 19.8. The standard InChI is InChI=1S/C18H16F2N2O4S/c1-2-22-18(24)15-4-3-12(9-16(15)27(22,25)26)17(23)21-6-5-11-7-13(19)10-14(20)8-11/h3-4,7-10H,2,5-6H2,1H3,(H,21,23). The molecule has 142 valence electrons. The van der Waals surface area contributed by atoms with E-state index in [-0.39, 0.29) is 35.5 Å². The Morgan fingerprint density at radius 1 is 1.11 bits per heavy atom. The number of fused-ring (bicyclic) bond motifs is 1. The minimum absolute atomic E-state index is 0.00156. The van der Waals surface area contributed by atoms with E-state index in [1.165, 1.54) is 24.3 Å². The van der Waals surface area contributed by atoms with Gasteiger partial charge in [0, 0.05) is 24.7 Å². The van der Waals surface area contributed by atoms with E-state index in [2.05, 4.69) is 5.32 Å². The summed E-state index contributed by atoms with van der Waals surface area (Å²) in [5, 5.41) is 2.56. The molecule has 0 spiro atoms. The maximum Gasteiger partial charge on any atom is 0.268 e. The summed E-state index contributed by atoms with van der Waals surface area (Å²) in [6.45, 7) is 1.65. The summed E-state index contributed by atoms with van der Waals surface area (Å²) < 4.78 is 51.8. The minimum atomic E-state index is -3.95. The molecule has 1 N–H and O–H groups in total. The molecule has 3 rings (SSSR count). The molecule has 0 atom stereocenters. The fourth-order valence-corrected chi connectivity index (χ4v) is 4.51. The van der Waals surface area contributed by atoms with E-state index in [4.69, 9.17) is 0 Å². The van der Waals surface area contributed by atoms with Crippen LogP contribution in [-0.4, -0.2) is 37.6 Å². The minimum Gasteiger partial charge on any atom is -0.352 e. The highest BCUT2D eigenvalue weighted by atomic mass is 32.2. The molecule has 0 unspecified atom stereocenters. The SMILES string of the molecule is CCN1C(=O)c2ccc(C(=O)NCCc3cc(F)cc(F)c3)cc2S1(=O)=O. The van der Waals surface area contributed by atoms with E-state index in [9.17, 15) is 26.8 Å². The molecule has 27 heavy (non-hydrogen) atoms. The number of hydrogen-bond acceptors (Lipinski definition) is 4. The van der Waals surface area contributed by atoms with Crippen LogP contribution in [0, 0.1) is 11.6 Å². The Bertz CT molecular complexity index is 1020. The van der Waals surface area contributed by atoms with Crippen LogP contribution in [0.4, 0.5) is 8.78 Å². The highest BCUT2D eigenvalue weighted by Gasteiger charge is 2.40. The zero-order valence-corrected chi connectivity index (χ0v) is 15.1. The van der Waals surface area contributed by atoms with Crippen molar-refractivity contribution in [1.29, 1.82) is 0 Å². The zero-order valence-electron chi connectivity index (χ0n) is 14.3. The van der Waals surface area contributed by atoms with Gasteiger partial charge in [-0.25, -0.2) is 21.5 Å². The Hall–Kier alpha value is -2.81. The number of halogens is 2. The molecule has 9 heteroatoms. The van der Waals surface area contributed by atoms with Crippen LogP contribution in [0.2, 0.25) is 0 Å². The quantitative estimate of drug-likeness (QED) is 0.842. The third kappa shape index (κ3) is 3.55. The molecule has 6 nitrogen and oxygen atoms in total.